The Morgan fingerprint density at radius 1 is 1.04 bits per heavy atom. The second kappa shape index (κ2) is 6.97. The molecule has 3 aromatic rings. The molecule has 2 nitrogen and oxygen atoms in total. The normalized spacial score (nSPS) is 15.0. The molecule has 1 heterocycles. The lowest BCUT2D eigenvalue weighted by Crippen LogP contribution is -2.10. The minimum atomic E-state index is -0.183. The molecule has 1 aromatic heterocycles. The molecule has 0 bridgehead atoms. The third kappa shape index (κ3) is 3.15. The van der Waals surface area contributed by atoms with E-state index in [9.17, 15) is 0 Å². The number of ether oxygens (including phenoxy) is 1. The van der Waals surface area contributed by atoms with Crippen molar-refractivity contribution < 1.29 is 4.74 Å². The number of halogens is 3. The van der Waals surface area contributed by atoms with Crippen molar-refractivity contribution in [3.63, 3.8) is 0 Å². The summed E-state index contributed by atoms with van der Waals surface area (Å²) in [6, 6.07) is 9.56. The monoisotopic (exact) mass is 437 g/mol. The highest BCUT2D eigenvalue weighted by atomic mass is 35.5. The Morgan fingerprint density at radius 2 is 1.70 bits per heavy atom. The van der Waals surface area contributed by atoms with E-state index in [4.69, 9.17) is 44.5 Å². The molecule has 2 aromatic carbocycles. The van der Waals surface area contributed by atoms with Crippen molar-refractivity contribution in [1.29, 1.82) is 0 Å². The van der Waals surface area contributed by atoms with Crippen LogP contribution in [0, 0.1) is 13.8 Å². The summed E-state index contributed by atoms with van der Waals surface area (Å²) in [5.74, 6) is 0.776. The van der Waals surface area contributed by atoms with E-state index in [1.165, 1.54) is 0 Å². The molecule has 0 atom stereocenters. The fourth-order valence-corrected chi connectivity index (χ4v) is 5.75. The summed E-state index contributed by atoms with van der Waals surface area (Å²) in [6.07, 6.45) is 2.00. The number of hydrogen-bond acceptors (Lipinski definition) is 3. The lowest BCUT2D eigenvalue weighted by Gasteiger charge is -2.16. The van der Waals surface area contributed by atoms with Crippen LogP contribution in [-0.4, -0.2) is 12.1 Å². The van der Waals surface area contributed by atoms with E-state index in [0.717, 1.165) is 50.9 Å². The van der Waals surface area contributed by atoms with Gasteiger partial charge in [0.1, 0.15) is 10.8 Å². The van der Waals surface area contributed by atoms with Gasteiger partial charge in [-0.15, -0.1) is 11.3 Å². The van der Waals surface area contributed by atoms with Gasteiger partial charge in [-0.2, -0.15) is 0 Å². The Morgan fingerprint density at radius 3 is 2.30 bits per heavy atom. The number of aromatic nitrogens is 1. The SMILES string of the molecule is COc1cc(Cl)c(-c2nc(C3(c4c(Cl)cccc4Cl)CC3)sc2C)cc1C. The number of rotatable bonds is 4. The summed E-state index contributed by atoms with van der Waals surface area (Å²) in [5.41, 5.74) is 3.68. The number of nitrogens with zero attached hydrogens (tertiary/aromatic N) is 1. The fraction of sp³-hybridized carbons (Fsp3) is 0.286. The minimum Gasteiger partial charge on any atom is -0.496 e. The number of hydrogen-bond donors (Lipinski definition) is 0. The Labute approximate surface area is 178 Å². The molecule has 0 N–H and O–H groups in total. The average molecular weight is 439 g/mol. The molecule has 1 fully saturated rings. The summed E-state index contributed by atoms with van der Waals surface area (Å²) in [6.45, 7) is 4.09. The van der Waals surface area contributed by atoms with Crippen LogP contribution in [0.15, 0.2) is 30.3 Å². The predicted molar refractivity (Wildman–Crippen MR) is 115 cm³/mol. The molecule has 1 saturated carbocycles. The first-order valence-electron chi connectivity index (χ1n) is 8.64. The van der Waals surface area contributed by atoms with Crippen LogP contribution in [0.1, 0.15) is 33.9 Å². The fourth-order valence-electron chi connectivity index (χ4n) is 3.57. The van der Waals surface area contributed by atoms with Gasteiger partial charge < -0.3 is 4.74 Å². The number of thiazole rings is 1. The zero-order valence-corrected chi connectivity index (χ0v) is 18.3. The molecule has 0 saturated heterocycles. The van der Waals surface area contributed by atoms with Crippen molar-refractivity contribution in [1.82, 2.24) is 4.98 Å². The topological polar surface area (TPSA) is 22.1 Å². The van der Waals surface area contributed by atoms with Gasteiger partial charge in [0, 0.05) is 26.0 Å². The van der Waals surface area contributed by atoms with Crippen LogP contribution in [0.5, 0.6) is 5.75 Å². The lowest BCUT2D eigenvalue weighted by molar-refractivity contribution is 0.412. The van der Waals surface area contributed by atoms with Crippen molar-refractivity contribution >= 4 is 46.1 Å². The Kier molecular flexibility index (Phi) is 4.92. The van der Waals surface area contributed by atoms with Gasteiger partial charge in [0.2, 0.25) is 0 Å². The second-order valence-corrected chi connectivity index (χ2v) is 9.33. The summed E-state index contributed by atoms with van der Waals surface area (Å²) in [5, 5.41) is 3.09. The van der Waals surface area contributed by atoms with Crippen LogP contribution < -0.4 is 4.74 Å². The standard InChI is InChI=1S/C21H18Cl3NOS/c1-11-9-13(16(24)10-17(11)26-3)19-12(2)27-20(25-19)21(7-8-21)18-14(22)5-4-6-15(18)23/h4-6,9-10H,7-8H2,1-3H3. The van der Waals surface area contributed by atoms with E-state index < -0.39 is 0 Å². The molecule has 6 heteroatoms. The highest BCUT2D eigenvalue weighted by molar-refractivity contribution is 7.12. The highest BCUT2D eigenvalue weighted by Gasteiger charge is 2.51. The van der Waals surface area contributed by atoms with Gasteiger partial charge in [0.25, 0.3) is 0 Å². The van der Waals surface area contributed by atoms with E-state index in [0.29, 0.717) is 15.1 Å². The van der Waals surface area contributed by atoms with Crippen LogP contribution in [0.2, 0.25) is 15.1 Å². The smallest absolute Gasteiger partial charge is 0.123 e. The van der Waals surface area contributed by atoms with Crippen molar-refractivity contribution in [3.8, 4) is 17.0 Å². The minimum absolute atomic E-state index is 0.183. The molecule has 0 aliphatic heterocycles. The van der Waals surface area contributed by atoms with E-state index >= 15 is 0 Å². The van der Waals surface area contributed by atoms with Crippen LogP contribution >= 0.6 is 46.1 Å². The summed E-state index contributed by atoms with van der Waals surface area (Å²) in [7, 11) is 1.65. The zero-order chi connectivity index (χ0) is 19.3. The largest absolute Gasteiger partial charge is 0.496 e. The van der Waals surface area contributed by atoms with Crippen molar-refractivity contribution in [3.05, 3.63) is 66.4 Å². The Balaban J connectivity index is 1.83. The Hall–Kier alpha value is -1.26. The predicted octanol–water partition coefficient (Wildman–Crippen LogP) is 7.48. The van der Waals surface area contributed by atoms with Gasteiger partial charge in [-0.1, -0.05) is 40.9 Å². The first kappa shape index (κ1) is 19.1. The summed E-state index contributed by atoms with van der Waals surface area (Å²) in [4.78, 5) is 6.14. The van der Waals surface area contributed by atoms with Crippen LogP contribution in [0.4, 0.5) is 0 Å². The second-order valence-electron chi connectivity index (χ2n) is 6.90. The van der Waals surface area contributed by atoms with Crippen molar-refractivity contribution in [2.75, 3.05) is 7.11 Å². The van der Waals surface area contributed by atoms with Gasteiger partial charge in [0.15, 0.2) is 0 Å². The van der Waals surface area contributed by atoms with E-state index in [1.54, 1.807) is 18.4 Å². The summed E-state index contributed by atoms with van der Waals surface area (Å²) >= 11 is 21.2. The maximum atomic E-state index is 6.54. The van der Waals surface area contributed by atoms with Crippen LogP contribution in [0.25, 0.3) is 11.3 Å². The summed E-state index contributed by atoms with van der Waals surface area (Å²) < 4.78 is 5.37. The zero-order valence-electron chi connectivity index (χ0n) is 15.2. The lowest BCUT2D eigenvalue weighted by atomic mass is 9.96. The maximum absolute atomic E-state index is 6.54. The van der Waals surface area contributed by atoms with Gasteiger partial charge in [-0.05, 0) is 56.5 Å². The van der Waals surface area contributed by atoms with Crippen LogP contribution in [0.3, 0.4) is 0 Å². The van der Waals surface area contributed by atoms with Gasteiger partial charge >= 0.3 is 0 Å². The molecule has 140 valence electrons. The average Bonchev–Trinajstić information content (AvgIpc) is 3.32. The number of methoxy groups -OCH3 is 1. The Bertz CT molecular complexity index is 1020. The van der Waals surface area contributed by atoms with E-state index in [2.05, 4.69) is 6.92 Å². The number of benzene rings is 2. The molecule has 0 spiro atoms. The third-order valence-corrected chi connectivity index (χ3v) is 7.25. The molecule has 27 heavy (non-hydrogen) atoms. The van der Waals surface area contributed by atoms with Crippen molar-refractivity contribution in [2.45, 2.75) is 32.1 Å². The molecule has 0 unspecified atom stereocenters. The van der Waals surface area contributed by atoms with Gasteiger partial charge in [-0.3, -0.25) is 0 Å². The van der Waals surface area contributed by atoms with Gasteiger partial charge in [0.05, 0.1) is 23.2 Å². The molecular formula is C21H18Cl3NOS. The number of aryl methyl sites for hydroxylation is 2. The third-order valence-electron chi connectivity index (χ3n) is 5.14. The first-order valence-corrected chi connectivity index (χ1v) is 10.6. The molecule has 0 amide bonds. The van der Waals surface area contributed by atoms with E-state index in [1.807, 2.05) is 37.3 Å². The van der Waals surface area contributed by atoms with Gasteiger partial charge in [-0.25, -0.2) is 4.98 Å². The molecule has 1 aliphatic carbocycles. The molecule has 0 radical (unpaired) electrons. The molecule has 4 rings (SSSR count). The van der Waals surface area contributed by atoms with E-state index in [-0.39, 0.29) is 5.41 Å². The molecule has 1 aliphatic rings. The quantitative estimate of drug-likeness (QED) is 0.421. The maximum Gasteiger partial charge on any atom is 0.123 e. The molecular weight excluding hydrogens is 421 g/mol. The first-order chi connectivity index (χ1) is 12.9. The van der Waals surface area contributed by atoms with Crippen molar-refractivity contribution in [2.24, 2.45) is 0 Å². The van der Waals surface area contributed by atoms with Crippen LogP contribution in [-0.2, 0) is 5.41 Å². The highest BCUT2D eigenvalue weighted by Crippen LogP contribution is 2.58.